The van der Waals surface area contributed by atoms with Crippen LogP contribution in [0.3, 0.4) is 0 Å². The third-order valence-corrected chi connectivity index (χ3v) is 5.42. The standard InChI is InChI=1S/C20H22N6/c1-13-4-3-5-17(14(13)2)25-11-19-21-8-9-26(19)20(12-25)22-18-10-16(23-24-18)15-6-7-15/h3-5,8-10,15H,6-7,11-12H2,1-2H3,(H,23,24). The maximum atomic E-state index is 4.85. The Labute approximate surface area is 152 Å². The lowest BCUT2D eigenvalue weighted by Crippen LogP contribution is -2.39. The summed E-state index contributed by atoms with van der Waals surface area (Å²) in [5.74, 6) is 3.37. The Morgan fingerprint density at radius 1 is 1.19 bits per heavy atom. The van der Waals surface area contributed by atoms with Gasteiger partial charge in [0.25, 0.3) is 0 Å². The second kappa shape index (κ2) is 5.83. The Hall–Kier alpha value is -2.89. The number of rotatable bonds is 3. The molecule has 6 nitrogen and oxygen atoms in total. The SMILES string of the molecule is Cc1cccc(N2CC(=Nc3cc(C4CC4)[nH]n3)n3ccnc3C2)c1C. The molecule has 0 bridgehead atoms. The van der Waals surface area contributed by atoms with Crippen molar-refractivity contribution in [2.24, 2.45) is 4.99 Å². The highest BCUT2D eigenvalue weighted by molar-refractivity contribution is 5.92. The first-order chi connectivity index (χ1) is 12.7. The van der Waals surface area contributed by atoms with Crippen molar-refractivity contribution in [2.45, 2.75) is 39.2 Å². The first-order valence-electron chi connectivity index (χ1n) is 9.15. The van der Waals surface area contributed by atoms with Gasteiger partial charge in [0.2, 0.25) is 0 Å². The molecule has 3 heterocycles. The quantitative estimate of drug-likeness (QED) is 0.786. The van der Waals surface area contributed by atoms with Crippen LogP contribution in [0.2, 0.25) is 0 Å². The fourth-order valence-electron chi connectivity index (χ4n) is 3.62. The smallest absolute Gasteiger partial charge is 0.175 e. The molecule has 1 aliphatic heterocycles. The number of H-pyrrole nitrogens is 1. The monoisotopic (exact) mass is 346 g/mol. The van der Waals surface area contributed by atoms with E-state index in [2.05, 4.69) is 62.8 Å². The average Bonchev–Trinajstić information content (AvgIpc) is 3.19. The molecule has 5 rings (SSSR count). The molecule has 1 aromatic carbocycles. The molecular formula is C20H22N6. The molecule has 132 valence electrons. The molecule has 0 radical (unpaired) electrons. The molecule has 2 aliphatic rings. The van der Waals surface area contributed by atoms with E-state index in [-0.39, 0.29) is 0 Å². The van der Waals surface area contributed by atoms with Crippen LogP contribution in [0.5, 0.6) is 0 Å². The van der Waals surface area contributed by atoms with Crippen molar-refractivity contribution in [2.75, 3.05) is 11.4 Å². The molecule has 26 heavy (non-hydrogen) atoms. The van der Waals surface area contributed by atoms with Gasteiger partial charge < -0.3 is 4.90 Å². The number of aromatic nitrogens is 4. The molecule has 0 atom stereocenters. The summed E-state index contributed by atoms with van der Waals surface area (Å²) >= 11 is 0. The lowest BCUT2D eigenvalue weighted by atomic mass is 10.1. The Bertz CT molecular complexity index is 991. The minimum atomic E-state index is 0.651. The van der Waals surface area contributed by atoms with Gasteiger partial charge in [0, 0.05) is 35.8 Å². The van der Waals surface area contributed by atoms with E-state index >= 15 is 0 Å². The van der Waals surface area contributed by atoms with Crippen LogP contribution in [0.1, 0.15) is 41.4 Å². The number of benzene rings is 1. The van der Waals surface area contributed by atoms with Gasteiger partial charge in [0.05, 0.1) is 13.1 Å². The summed E-state index contributed by atoms with van der Waals surface area (Å²) in [5, 5.41) is 7.53. The number of nitrogens with one attached hydrogen (secondary N) is 1. The first-order valence-corrected chi connectivity index (χ1v) is 9.15. The number of imidazole rings is 1. The Balaban J connectivity index is 1.52. The molecule has 1 N–H and O–H groups in total. The van der Waals surface area contributed by atoms with E-state index in [1.54, 1.807) is 0 Å². The summed E-state index contributed by atoms with van der Waals surface area (Å²) in [6.07, 6.45) is 6.34. The zero-order valence-electron chi connectivity index (χ0n) is 15.1. The fourth-order valence-corrected chi connectivity index (χ4v) is 3.62. The lowest BCUT2D eigenvalue weighted by Gasteiger charge is -2.31. The molecule has 0 amide bonds. The third kappa shape index (κ3) is 2.62. The van der Waals surface area contributed by atoms with Gasteiger partial charge in [-0.05, 0) is 43.9 Å². The van der Waals surface area contributed by atoms with Crippen LogP contribution in [0, 0.1) is 13.8 Å². The average molecular weight is 346 g/mol. The van der Waals surface area contributed by atoms with Gasteiger partial charge in [-0.15, -0.1) is 0 Å². The molecule has 0 spiro atoms. The van der Waals surface area contributed by atoms with Crippen LogP contribution in [-0.2, 0) is 6.54 Å². The van der Waals surface area contributed by atoms with Crippen LogP contribution < -0.4 is 4.90 Å². The summed E-state index contributed by atoms with van der Waals surface area (Å²) < 4.78 is 2.09. The second-order valence-electron chi connectivity index (χ2n) is 7.27. The minimum absolute atomic E-state index is 0.651. The molecule has 1 saturated carbocycles. The largest absolute Gasteiger partial charge is 0.356 e. The van der Waals surface area contributed by atoms with Gasteiger partial charge in [-0.25, -0.2) is 9.98 Å². The maximum absolute atomic E-state index is 4.85. The highest BCUT2D eigenvalue weighted by atomic mass is 15.3. The number of hydrogen-bond acceptors (Lipinski definition) is 4. The first kappa shape index (κ1) is 15.4. The van der Waals surface area contributed by atoms with Crippen LogP contribution in [-0.4, -0.2) is 32.1 Å². The molecule has 6 heteroatoms. The number of hydrogen-bond donors (Lipinski definition) is 1. The summed E-state index contributed by atoms with van der Waals surface area (Å²) in [4.78, 5) is 11.7. The number of nitrogens with zero attached hydrogens (tertiary/aromatic N) is 5. The Morgan fingerprint density at radius 3 is 2.92 bits per heavy atom. The second-order valence-corrected chi connectivity index (χ2v) is 7.27. The summed E-state index contributed by atoms with van der Waals surface area (Å²) in [6.45, 7) is 5.85. The van der Waals surface area contributed by atoms with Crippen molar-refractivity contribution in [1.29, 1.82) is 0 Å². The Kier molecular flexibility index (Phi) is 3.45. The number of aryl methyl sites for hydroxylation is 1. The predicted octanol–water partition coefficient (Wildman–Crippen LogP) is 3.70. The van der Waals surface area contributed by atoms with Crippen molar-refractivity contribution >= 4 is 17.3 Å². The maximum Gasteiger partial charge on any atom is 0.175 e. The third-order valence-electron chi connectivity index (χ3n) is 5.42. The van der Waals surface area contributed by atoms with Crippen LogP contribution in [0.4, 0.5) is 11.5 Å². The van der Waals surface area contributed by atoms with Crippen LogP contribution >= 0.6 is 0 Å². The summed E-state index contributed by atoms with van der Waals surface area (Å²) in [7, 11) is 0. The minimum Gasteiger partial charge on any atom is -0.356 e. The van der Waals surface area contributed by atoms with Crippen molar-refractivity contribution < 1.29 is 0 Å². The fraction of sp³-hybridized carbons (Fsp3) is 0.350. The van der Waals surface area contributed by atoms with Gasteiger partial charge >= 0.3 is 0 Å². The van der Waals surface area contributed by atoms with Crippen LogP contribution in [0.15, 0.2) is 41.7 Å². The molecule has 1 fully saturated rings. The van der Waals surface area contributed by atoms with Gasteiger partial charge in [0.15, 0.2) is 5.82 Å². The highest BCUT2D eigenvalue weighted by Gasteiger charge is 2.27. The van der Waals surface area contributed by atoms with E-state index in [0.29, 0.717) is 5.92 Å². The number of aromatic amines is 1. The normalized spacial score (nSPS) is 18.4. The van der Waals surface area contributed by atoms with Gasteiger partial charge in [-0.2, -0.15) is 5.10 Å². The van der Waals surface area contributed by atoms with E-state index < -0.39 is 0 Å². The lowest BCUT2D eigenvalue weighted by molar-refractivity contribution is 0.750. The number of anilines is 1. The zero-order valence-corrected chi connectivity index (χ0v) is 15.1. The highest BCUT2D eigenvalue weighted by Crippen LogP contribution is 2.39. The molecule has 3 aromatic rings. The van der Waals surface area contributed by atoms with E-state index in [4.69, 9.17) is 4.99 Å². The topological polar surface area (TPSA) is 62.1 Å². The van der Waals surface area contributed by atoms with Crippen molar-refractivity contribution in [3.8, 4) is 0 Å². The van der Waals surface area contributed by atoms with Crippen molar-refractivity contribution in [1.82, 2.24) is 19.7 Å². The van der Waals surface area contributed by atoms with Gasteiger partial charge in [0.1, 0.15) is 11.7 Å². The van der Waals surface area contributed by atoms with Gasteiger partial charge in [-0.3, -0.25) is 9.67 Å². The van der Waals surface area contributed by atoms with E-state index in [1.165, 1.54) is 35.3 Å². The van der Waals surface area contributed by atoms with Crippen molar-refractivity contribution in [3.63, 3.8) is 0 Å². The molecule has 0 saturated heterocycles. The summed E-state index contributed by atoms with van der Waals surface area (Å²) in [5.41, 5.74) is 5.06. The van der Waals surface area contributed by atoms with Gasteiger partial charge in [-0.1, -0.05) is 12.1 Å². The predicted molar refractivity (Wildman–Crippen MR) is 102 cm³/mol. The van der Waals surface area contributed by atoms with Crippen LogP contribution in [0.25, 0.3) is 0 Å². The molecular weight excluding hydrogens is 324 g/mol. The molecule has 2 aromatic heterocycles. The van der Waals surface area contributed by atoms with E-state index in [9.17, 15) is 0 Å². The summed E-state index contributed by atoms with van der Waals surface area (Å²) in [6, 6.07) is 8.53. The number of fused-ring (bicyclic) bond motifs is 1. The van der Waals surface area contributed by atoms with E-state index in [0.717, 1.165) is 30.6 Å². The number of aliphatic imine (C=N–C) groups is 1. The zero-order chi connectivity index (χ0) is 17.7. The van der Waals surface area contributed by atoms with E-state index in [1.807, 2.05) is 12.4 Å². The van der Waals surface area contributed by atoms with Crippen molar-refractivity contribution in [3.05, 3.63) is 59.3 Å². The Morgan fingerprint density at radius 2 is 2.08 bits per heavy atom. The molecule has 1 aliphatic carbocycles. The molecule has 0 unspecified atom stereocenters.